The summed E-state index contributed by atoms with van der Waals surface area (Å²) in [6, 6.07) is -0.539. The summed E-state index contributed by atoms with van der Waals surface area (Å²) in [4.78, 5) is 12.2. The molecule has 1 atom stereocenters. The Morgan fingerprint density at radius 3 is 2.42 bits per heavy atom. The highest BCUT2D eigenvalue weighted by atomic mass is 19.3. The van der Waals surface area contributed by atoms with Crippen molar-refractivity contribution in [2.45, 2.75) is 39.3 Å². The number of hydrogen-bond acceptors (Lipinski definition) is 3. The molecule has 0 aliphatic heterocycles. The molecule has 2 rings (SSSR count). The second kappa shape index (κ2) is 7.02. The maximum absolute atomic E-state index is 13.0. The first kappa shape index (κ1) is 18.0. The Labute approximate surface area is 135 Å². The molecule has 0 aromatic carbocycles. The largest absolute Gasteiger partial charge is 0.350 e. The topological polar surface area (TPSA) is 64.7 Å². The van der Waals surface area contributed by atoms with E-state index >= 15 is 0 Å². The van der Waals surface area contributed by atoms with E-state index in [0.717, 1.165) is 11.3 Å². The Kier molecular flexibility index (Phi) is 5.25. The highest BCUT2D eigenvalue weighted by Gasteiger charge is 2.26. The van der Waals surface area contributed by atoms with E-state index in [1.807, 2.05) is 0 Å². The van der Waals surface area contributed by atoms with Crippen LogP contribution in [-0.2, 0) is 18.4 Å². The summed E-state index contributed by atoms with van der Waals surface area (Å²) in [5.41, 5.74) is -0.0165. The molecule has 0 aliphatic rings. The molecular formula is C14H17F4N5O. The summed E-state index contributed by atoms with van der Waals surface area (Å²) in [7, 11) is 1.73. The number of aryl methyl sites for hydroxylation is 2. The van der Waals surface area contributed by atoms with Gasteiger partial charge >= 0.3 is 0 Å². The van der Waals surface area contributed by atoms with Crippen LogP contribution in [0.4, 0.5) is 17.6 Å². The van der Waals surface area contributed by atoms with Crippen molar-refractivity contribution in [2.24, 2.45) is 7.05 Å². The number of nitrogens with zero attached hydrogens (tertiary/aromatic N) is 4. The minimum Gasteiger partial charge on any atom is -0.350 e. The molecule has 0 spiro atoms. The Morgan fingerprint density at radius 2 is 1.92 bits per heavy atom. The third-order valence-corrected chi connectivity index (χ3v) is 3.55. The lowest BCUT2D eigenvalue weighted by atomic mass is 10.2. The Morgan fingerprint density at radius 1 is 1.25 bits per heavy atom. The first-order valence-electron chi connectivity index (χ1n) is 7.13. The van der Waals surface area contributed by atoms with Gasteiger partial charge in [-0.2, -0.15) is 10.2 Å². The van der Waals surface area contributed by atoms with Gasteiger partial charge < -0.3 is 5.32 Å². The maximum Gasteiger partial charge on any atom is 0.282 e. The molecular weight excluding hydrogens is 330 g/mol. The van der Waals surface area contributed by atoms with Gasteiger partial charge in [-0.3, -0.25) is 14.2 Å². The number of amides is 1. The monoisotopic (exact) mass is 347 g/mol. The standard InChI is InChI=1S/C14H17F4N5O/c1-7-9(6-22(3)20-7)5-19-14(24)8(2)23-11(13(17)18)4-10(21-23)12(15)16/h4,6,8,12-13H,5H2,1-3H3,(H,19,24). The normalized spacial score (nSPS) is 12.9. The Bertz CT molecular complexity index is 725. The van der Waals surface area contributed by atoms with E-state index in [4.69, 9.17) is 0 Å². The van der Waals surface area contributed by atoms with Crippen LogP contribution < -0.4 is 5.32 Å². The van der Waals surface area contributed by atoms with Crippen molar-refractivity contribution in [1.29, 1.82) is 0 Å². The quantitative estimate of drug-likeness (QED) is 0.817. The van der Waals surface area contributed by atoms with Crippen LogP contribution in [-0.4, -0.2) is 25.5 Å². The van der Waals surface area contributed by atoms with Gasteiger partial charge in [0.25, 0.3) is 12.9 Å². The molecule has 6 nitrogen and oxygen atoms in total. The Hall–Kier alpha value is -2.39. The minimum absolute atomic E-state index is 0.149. The summed E-state index contributed by atoms with van der Waals surface area (Å²) in [6.07, 6.45) is -4.29. The maximum atomic E-state index is 13.0. The van der Waals surface area contributed by atoms with Crippen molar-refractivity contribution in [3.05, 3.63) is 34.9 Å². The van der Waals surface area contributed by atoms with Crippen LogP contribution in [0, 0.1) is 6.92 Å². The van der Waals surface area contributed by atoms with Gasteiger partial charge in [0.05, 0.1) is 5.69 Å². The van der Waals surface area contributed by atoms with Gasteiger partial charge in [-0.25, -0.2) is 17.6 Å². The lowest BCUT2D eigenvalue weighted by Gasteiger charge is -2.15. The highest BCUT2D eigenvalue weighted by molar-refractivity contribution is 5.79. The molecule has 1 N–H and O–H groups in total. The number of carbonyl (C=O) groups is 1. The van der Waals surface area contributed by atoms with Crippen molar-refractivity contribution in [2.75, 3.05) is 0 Å². The molecule has 10 heteroatoms. The lowest BCUT2D eigenvalue weighted by Crippen LogP contribution is -2.32. The lowest BCUT2D eigenvalue weighted by molar-refractivity contribution is -0.124. The second-order valence-electron chi connectivity index (χ2n) is 5.35. The SMILES string of the molecule is Cc1nn(C)cc1CNC(=O)C(C)n1nc(C(F)F)cc1C(F)F. The van der Waals surface area contributed by atoms with Gasteiger partial charge in [-0.05, 0) is 19.9 Å². The molecule has 0 radical (unpaired) electrons. The smallest absolute Gasteiger partial charge is 0.282 e. The van der Waals surface area contributed by atoms with Crippen LogP contribution in [0.2, 0.25) is 0 Å². The number of hydrogen-bond donors (Lipinski definition) is 1. The van der Waals surface area contributed by atoms with Gasteiger partial charge in [0, 0.05) is 25.4 Å². The summed E-state index contributed by atoms with van der Waals surface area (Å²) in [6.45, 7) is 3.23. The molecule has 2 aromatic heterocycles. The molecule has 1 amide bonds. The molecule has 2 aromatic rings. The van der Waals surface area contributed by atoms with E-state index in [-0.39, 0.29) is 6.54 Å². The van der Waals surface area contributed by atoms with E-state index in [0.29, 0.717) is 10.7 Å². The van der Waals surface area contributed by atoms with Gasteiger partial charge in [-0.1, -0.05) is 0 Å². The molecule has 0 fully saturated rings. The number of carbonyl (C=O) groups excluding carboxylic acids is 1. The summed E-state index contributed by atoms with van der Waals surface area (Å²) in [5, 5.41) is 10.1. The molecule has 0 saturated carbocycles. The van der Waals surface area contributed by atoms with Crippen LogP contribution >= 0.6 is 0 Å². The zero-order chi connectivity index (χ0) is 18.0. The van der Waals surface area contributed by atoms with Crippen molar-refractivity contribution < 1.29 is 22.4 Å². The fourth-order valence-corrected chi connectivity index (χ4v) is 2.27. The van der Waals surface area contributed by atoms with Crippen molar-refractivity contribution in [3.63, 3.8) is 0 Å². The molecule has 1 unspecified atom stereocenters. The van der Waals surface area contributed by atoms with E-state index in [1.165, 1.54) is 6.92 Å². The molecule has 24 heavy (non-hydrogen) atoms. The predicted octanol–water partition coefficient (Wildman–Crippen LogP) is 2.68. The molecule has 132 valence electrons. The van der Waals surface area contributed by atoms with E-state index in [9.17, 15) is 22.4 Å². The molecule has 2 heterocycles. The number of aromatic nitrogens is 4. The highest BCUT2D eigenvalue weighted by Crippen LogP contribution is 2.27. The van der Waals surface area contributed by atoms with E-state index < -0.39 is 36.2 Å². The number of rotatable bonds is 6. The predicted molar refractivity (Wildman–Crippen MR) is 76.6 cm³/mol. The first-order chi connectivity index (χ1) is 11.2. The van der Waals surface area contributed by atoms with Gasteiger partial charge in [0.15, 0.2) is 0 Å². The average molecular weight is 347 g/mol. The number of halogens is 4. The minimum atomic E-state index is -3.01. The van der Waals surface area contributed by atoms with Crippen LogP contribution in [0.25, 0.3) is 0 Å². The fourth-order valence-electron chi connectivity index (χ4n) is 2.27. The van der Waals surface area contributed by atoms with Crippen LogP contribution in [0.5, 0.6) is 0 Å². The third-order valence-electron chi connectivity index (χ3n) is 3.55. The zero-order valence-electron chi connectivity index (χ0n) is 13.3. The summed E-state index contributed by atoms with van der Waals surface area (Å²) in [5.74, 6) is -0.607. The van der Waals surface area contributed by atoms with Gasteiger partial charge in [0.1, 0.15) is 17.4 Å². The van der Waals surface area contributed by atoms with Crippen molar-refractivity contribution in [1.82, 2.24) is 24.9 Å². The average Bonchev–Trinajstić information content (AvgIpc) is 3.07. The second-order valence-corrected chi connectivity index (χ2v) is 5.35. The van der Waals surface area contributed by atoms with E-state index in [2.05, 4.69) is 15.5 Å². The summed E-state index contributed by atoms with van der Waals surface area (Å²) < 4.78 is 53.5. The number of alkyl halides is 4. The fraction of sp³-hybridized carbons (Fsp3) is 0.500. The van der Waals surface area contributed by atoms with Crippen molar-refractivity contribution in [3.8, 4) is 0 Å². The van der Waals surface area contributed by atoms with Crippen molar-refractivity contribution >= 4 is 5.91 Å². The number of nitrogens with one attached hydrogen (secondary N) is 1. The van der Waals surface area contributed by atoms with Crippen LogP contribution in [0.3, 0.4) is 0 Å². The van der Waals surface area contributed by atoms with Gasteiger partial charge in [0.2, 0.25) is 5.91 Å². The third kappa shape index (κ3) is 3.74. The van der Waals surface area contributed by atoms with Crippen LogP contribution in [0.1, 0.15) is 48.5 Å². The molecule has 0 bridgehead atoms. The van der Waals surface area contributed by atoms with E-state index in [1.54, 1.807) is 24.9 Å². The molecule has 0 saturated heterocycles. The molecule has 0 aliphatic carbocycles. The summed E-state index contributed by atoms with van der Waals surface area (Å²) >= 11 is 0. The Balaban J connectivity index is 2.14. The van der Waals surface area contributed by atoms with Gasteiger partial charge in [-0.15, -0.1) is 0 Å². The first-order valence-corrected chi connectivity index (χ1v) is 7.13. The zero-order valence-corrected chi connectivity index (χ0v) is 13.3. The van der Waals surface area contributed by atoms with Crippen LogP contribution in [0.15, 0.2) is 12.3 Å².